The van der Waals surface area contributed by atoms with Crippen molar-refractivity contribution in [2.24, 2.45) is 0 Å². The first-order valence-electron chi connectivity index (χ1n) is 6.29. The first kappa shape index (κ1) is 12.5. The fraction of sp³-hybridized carbons (Fsp3) is 0.700. The monoisotopic (exact) mass is 281 g/mol. The SMILES string of the molecule is OCCn1nnnc1SCc1nnc2n1CCCC2. The molecule has 0 unspecified atom stereocenters. The lowest BCUT2D eigenvalue weighted by Crippen LogP contribution is -2.13. The molecule has 2 aromatic rings. The summed E-state index contributed by atoms with van der Waals surface area (Å²) in [6.45, 7) is 1.44. The molecule has 0 bridgehead atoms. The van der Waals surface area contributed by atoms with E-state index in [2.05, 4.69) is 30.3 Å². The molecule has 0 spiro atoms. The predicted molar refractivity (Wildman–Crippen MR) is 67.4 cm³/mol. The van der Waals surface area contributed by atoms with Gasteiger partial charge in [-0.1, -0.05) is 11.8 Å². The van der Waals surface area contributed by atoms with Gasteiger partial charge in [0.05, 0.1) is 18.9 Å². The van der Waals surface area contributed by atoms with Gasteiger partial charge in [-0.2, -0.15) is 0 Å². The minimum Gasteiger partial charge on any atom is -0.394 e. The van der Waals surface area contributed by atoms with E-state index in [4.69, 9.17) is 5.11 Å². The molecular formula is C10H15N7OS. The molecule has 0 amide bonds. The second-order valence-corrected chi connectivity index (χ2v) is 5.28. The maximum Gasteiger partial charge on any atom is 0.209 e. The largest absolute Gasteiger partial charge is 0.394 e. The quantitative estimate of drug-likeness (QED) is 0.764. The van der Waals surface area contributed by atoms with Crippen LogP contribution in [0, 0.1) is 0 Å². The topological polar surface area (TPSA) is 94.5 Å². The molecule has 0 radical (unpaired) electrons. The number of hydrogen-bond donors (Lipinski definition) is 1. The van der Waals surface area contributed by atoms with E-state index >= 15 is 0 Å². The Bertz CT molecular complexity index is 552. The third-order valence-corrected chi connectivity index (χ3v) is 4.03. The molecule has 0 saturated carbocycles. The van der Waals surface area contributed by atoms with Gasteiger partial charge < -0.3 is 9.67 Å². The van der Waals surface area contributed by atoms with Gasteiger partial charge in [-0.25, -0.2) is 4.68 Å². The van der Waals surface area contributed by atoms with Crippen molar-refractivity contribution >= 4 is 11.8 Å². The zero-order chi connectivity index (χ0) is 13.1. The number of tetrazole rings is 1. The van der Waals surface area contributed by atoms with Crippen molar-refractivity contribution in [1.82, 2.24) is 35.0 Å². The Morgan fingerprint density at radius 2 is 2.16 bits per heavy atom. The number of aromatic nitrogens is 7. The zero-order valence-corrected chi connectivity index (χ0v) is 11.3. The Labute approximate surface area is 114 Å². The number of aryl methyl sites for hydroxylation is 1. The van der Waals surface area contributed by atoms with E-state index in [-0.39, 0.29) is 6.61 Å². The normalized spacial score (nSPS) is 14.6. The lowest BCUT2D eigenvalue weighted by atomic mass is 10.2. The van der Waals surface area contributed by atoms with Crippen molar-refractivity contribution in [3.05, 3.63) is 11.6 Å². The van der Waals surface area contributed by atoms with Crippen LogP contribution in [0.5, 0.6) is 0 Å². The van der Waals surface area contributed by atoms with E-state index in [9.17, 15) is 0 Å². The fourth-order valence-corrected chi connectivity index (χ4v) is 2.98. The van der Waals surface area contributed by atoms with Crippen LogP contribution < -0.4 is 0 Å². The van der Waals surface area contributed by atoms with Crippen LogP contribution >= 0.6 is 11.8 Å². The summed E-state index contributed by atoms with van der Waals surface area (Å²) in [7, 11) is 0. The van der Waals surface area contributed by atoms with Crippen molar-refractivity contribution in [1.29, 1.82) is 0 Å². The molecule has 1 N–H and O–H groups in total. The minimum absolute atomic E-state index is 0.0267. The van der Waals surface area contributed by atoms with Gasteiger partial charge in [0.25, 0.3) is 0 Å². The maximum atomic E-state index is 8.92. The lowest BCUT2D eigenvalue weighted by Gasteiger charge is -2.14. The molecule has 0 atom stereocenters. The summed E-state index contributed by atoms with van der Waals surface area (Å²) in [5.74, 6) is 2.74. The van der Waals surface area contributed by atoms with E-state index in [0.717, 1.165) is 24.6 Å². The van der Waals surface area contributed by atoms with Gasteiger partial charge in [0.15, 0.2) is 0 Å². The van der Waals surface area contributed by atoms with E-state index in [1.807, 2.05) is 0 Å². The summed E-state index contributed by atoms with van der Waals surface area (Å²) in [6, 6.07) is 0. The molecule has 1 aliphatic rings. The molecule has 2 aromatic heterocycles. The van der Waals surface area contributed by atoms with Crippen LogP contribution in [0.4, 0.5) is 0 Å². The average Bonchev–Trinajstić information content (AvgIpc) is 3.04. The van der Waals surface area contributed by atoms with E-state index in [1.54, 1.807) is 4.68 Å². The second kappa shape index (κ2) is 5.66. The van der Waals surface area contributed by atoms with Crippen molar-refractivity contribution in [3.8, 4) is 0 Å². The van der Waals surface area contributed by atoms with Gasteiger partial charge in [0.1, 0.15) is 11.6 Å². The molecule has 8 nitrogen and oxygen atoms in total. The highest BCUT2D eigenvalue weighted by Gasteiger charge is 2.16. The Hall–Kier alpha value is -1.48. The summed E-state index contributed by atoms with van der Waals surface area (Å²) >= 11 is 1.52. The third kappa shape index (κ3) is 2.61. The average molecular weight is 281 g/mol. The maximum absolute atomic E-state index is 8.92. The summed E-state index contributed by atoms with van der Waals surface area (Å²) in [6.07, 6.45) is 3.39. The van der Waals surface area contributed by atoms with Crippen molar-refractivity contribution in [3.63, 3.8) is 0 Å². The molecule has 0 aliphatic carbocycles. The number of nitrogens with zero attached hydrogens (tertiary/aromatic N) is 7. The Kier molecular flexibility index (Phi) is 3.74. The summed E-state index contributed by atoms with van der Waals surface area (Å²) in [5.41, 5.74) is 0. The number of fused-ring (bicyclic) bond motifs is 1. The predicted octanol–water partition coefficient (Wildman–Crippen LogP) is -0.115. The Morgan fingerprint density at radius 3 is 3.05 bits per heavy atom. The molecule has 19 heavy (non-hydrogen) atoms. The molecule has 1 aliphatic heterocycles. The molecule has 3 heterocycles. The van der Waals surface area contributed by atoms with Crippen LogP contribution in [0.2, 0.25) is 0 Å². The molecule has 0 saturated heterocycles. The van der Waals surface area contributed by atoms with Crippen LogP contribution in [0.3, 0.4) is 0 Å². The molecular weight excluding hydrogens is 266 g/mol. The Balaban J connectivity index is 1.69. The van der Waals surface area contributed by atoms with E-state index in [0.29, 0.717) is 17.5 Å². The van der Waals surface area contributed by atoms with Gasteiger partial charge in [0, 0.05) is 13.0 Å². The molecule has 0 aromatic carbocycles. The Morgan fingerprint density at radius 1 is 1.21 bits per heavy atom. The van der Waals surface area contributed by atoms with Gasteiger partial charge >= 0.3 is 0 Å². The highest BCUT2D eigenvalue weighted by Crippen LogP contribution is 2.21. The first-order valence-corrected chi connectivity index (χ1v) is 7.28. The van der Waals surface area contributed by atoms with Crippen LogP contribution in [-0.4, -0.2) is 46.7 Å². The third-order valence-electron chi connectivity index (χ3n) is 3.08. The minimum atomic E-state index is 0.0267. The van der Waals surface area contributed by atoms with Crippen molar-refractivity contribution in [2.75, 3.05) is 6.61 Å². The summed E-state index contributed by atoms with van der Waals surface area (Å²) < 4.78 is 3.79. The van der Waals surface area contributed by atoms with Gasteiger partial charge in [-0.3, -0.25) is 0 Å². The number of aliphatic hydroxyl groups excluding tert-OH is 1. The number of thioether (sulfide) groups is 1. The highest BCUT2D eigenvalue weighted by molar-refractivity contribution is 7.98. The zero-order valence-electron chi connectivity index (χ0n) is 10.4. The van der Waals surface area contributed by atoms with Crippen molar-refractivity contribution in [2.45, 2.75) is 43.3 Å². The molecule has 102 valence electrons. The van der Waals surface area contributed by atoms with Gasteiger partial charge in [-0.05, 0) is 23.3 Å². The lowest BCUT2D eigenvalue weighted by molar-refractivity contribution is 0.262. The molecule has 3 rings (SSSR count). The fourth-order valence-electron chi connectivity index (χ4n) is 2.14. The molecule has 0 fully saturated rings. The first-order chi connectivity index (χ1) is 9.38. The summed E-state index contributed by atoms with van der Waals surface area (Å²) in [5, 5.41) is 29.5. The number of rotatable bonds is 5. The molecule has 9 heteroatoms. The smallest absolute Gasteiger partial charge is 0.209 e. The van der Waals surface area contributed by atoms with Crippen LogP contribution in [0.1, 0.15) is 24.5 Å². The highest BCUT2D eigenvalue weighted by atomic mass is 32.2. The number of hydrogen-bond acceptors (Lipinski definition) is 7. The van der Waals surface area contributed by atoms with E-state index in [1.165, 1.54) is 24.6 Å². The summed E-state index contributed by atoms with van der Waals surface area (Å²) in [4.78, 5) is 0. The van der Waals surface area contributed by atoms with Gasteiger partial charge in [0.2, 0.25) is 5.16 Å². The standard InChI is InChI=1S/C10H15N7OS/c18-6-5-17-10(13-14-15-17)19-7-9-12-11-8-3-1-2-4-16(8)9/h18H,1-7H2. The van der Waals surface area contributed by atoms with Crippen LogP contribution in [-0.2, 0) is 25.3 Å². The number of aliphatic hydroxyl groups is 1. The van der Waals surface area contributed by atoms with Crippen LogP contribution in [0.25, 0.3) is 0 Å². The van der Waals surface area contributed by atoms with Crippen molar-refractivity contribution < 1.29 is 5.11 Å². The second-order valence-electron chi connectivity index (χ2n) is 4.34. The van der Waals surface area contributed by atoms with Crippen LogP contribution in [0.15, 0.2) is 5.16 Å². The van der Waals surface area contributed by atoms with Gasteiger partial charge in [-0.15, -0.1) is 15.3 Å². The van der Waals surface area contributed by atoms with E-state index < -0.39 is 0 Å².